The molecule has 2 aromatic carbocycles. The van der Waals surface area contributed by atoms with Gasteiger partial charge in [-0.15, -0.1) is 0 Å². The maximum absolute atomic E-state index is 5.68. The summed E-state index contributed by atoms with van der Waals surface area (Å²) in [5.41, 5.74) is 8.19. The van der Waals surface area contributed by atoms with E-state index in [-0.39, 0.29) is 0 Å². The Bertz CT molecular complexity index is 432. The predicted molar refractivity (Wildman–Crippen MR) is 56.6 cm³/mol. The minimum Gasteiger partial charge on any atom is -0.326 e. The zero-order valence-electron chi connectivity index (χ0n) is 7.75. The number of nitrogens with two attached hydrogens (primary N) is 1. The lowest BCUT2D eigenvalue weighted by molar-refractivity contribution is 1.08. The maximum atomic E-state index is 5.68. The molecular weight excluding hydrogens is 158 g/mol. The summed E-state index contributed by atoms with van der Waals surface area (Å²) in [6.45, 7) is 2.72. The summed E-state index contributed by atoms with van der Waals surface area (Å²) in [5, 5.41) is 2.55. The van der Waals surface area contributed by atoms with Crippen molar-refractivity contribution in [3.05, 3.63) is 47.5 Å². The van der Waals surface area contributed by atoms with Crippen LogP contribution in [0.4, 0.5) is 0 Å². The van der Waals surface area contributed by atoms with Crippen molar-refractivity contribution in [1.82, 2.24) is 0 Å². The van der Waals surface area contributed by atoms with Crippen molar-refractivity contribution >= 4 is 10.8 Å². The Kier molecular flexibility index (Phi) is 2.03. The van der Waals surface area contributed by atoms with E-state index in [0.717, 1.165) is 0 Å². The summed E-state index contributed by atoms with van der Waals surface area (Å²) < 4.78 is 0. The Morgan fingerprint density at radius 3 is 2.69 bits per heavy atom. The zero-order valence-corrected chi connectivity index (χ0v) is 7.75. The molecule has 0 aliphatic carbocycles. The highest BCUT2D eigenvalue weighted by Gasteiger charge is 1.99. The van der Waals surface area contributed by atoms with Crippen molar-refractivity contribution in [2.75, 3.05) is 0 Å². The highest BCUT2D eigenvalue weighted by molar-refractivity contribution is 5.86. The lowest BCUT2D eigenvalue weighted by atomic mass is 10.0. The average molecular weight is 171 g/mol. The highest BCUT2D eigenvalue weighted by Crippen LogP contribution is 2.20. The number of benzene rings is 2. The van der Waals surface area contributed by atoms with Crippen LogP contribution in [0.5, 0.6) is 0 Å². The topological polar surface area (TPSA) is 26.0 Å². The first kappa shape index (κ1) is 8.27. The number of fused-ring (bicyclic) bond motifs is 1. The van der Waals surface area contributed by atoms with Gasteiger partial charge in [0.05, 0.1) is 0 Å². The standard InChI is InChI=1S/C12H13N/c1-9-6-10-4-2-3-5-12(10)11(7-9)8-13/h2-7H,8,13H2,1H3. The van der Waals surface area contributed by atoms with Gasteiger partial charge >= 0.3 is 0 Å². The van der Waals surface area contributed by atoms with Crippen molar-refractivity contribution in [2.45, 2.75) is 13.5 Å². The molecule has 0 bridgehead atoms. The molecule has 0 radical (unpaired) electrons. The van der Waals surface area contributed by atoms with Crippen LogP contribution in [0, 0.1) is 6.92 Å². The van der Waals surface area contributed by atoms with Crippen LogP contribution in [0.15, 0.2) is 36.4 Å². The van der Waals surface area contributed by atoms with Crippen molar-refractivity contribution in [3.8, 4) is 0 Å². The molecule has 1 nitrogen and oxygen atoms in total. The molecule has 0 amide bonds. The Balaban J connectivity index is 2.81. The van der Waals surface area contributed by atoms with Crippen molar-refractivity contribution in [3.63, 3.8) is 0 Å². The molecule has 0 heterocycles. The predicted octanol–water partition coefficient (Wildman–Crippen LogP) is 2.61. The Labute approximate surface area is 78.2 Å². The third kappa shape index (κ3) is 1.43. The van der Waals surface area contributed by atoms with Gasteiger partial charge in [-0.2, -0.15) is 0 Å². The minimum atomic E-state index is 0.613. The number of hydrogen-bond acceptors (Lipinski definition) is 1. The molecule has 0 saturated heterocycles. The molecule has 1 heteroatoms. The second-order valence-corrected chi connectivity index (χ2v) is 3.35. The van der Waals surface area contributed by atoms with Crippen LogP contribution < -0.4 is 5.73 Å². The van der Waals surface area contributed by atoms with E-state index in [9.17, 15) is 0 Å². The summed E-state index contributed by atoms with van der Waals surface area (Å²) in [4.78, 5) is 0. The monoisotopic (exact) mass is 171 g/mol. The third-order valence-corrected chi connectivity index (χ3v) is 2.31. The summed E-state index contributed by atoms with van der Waals surface area (Å²) in [5.74, 6) is 0. The Morgan fingerprint density at radius 2 is 1.92 bits per heavy atom. The van der Waals surface area contributed by atoms with Gasteiger partial charge in [-0.1, -0.05) is 42.0 Å². The fraction of sp³-hybridized carbons (Fsp3) is 0.167. The normalized spacial score (nSPS) is 10.6. The molecule has 2 rings (SSSR count). The van der Waals surface area contributed by atoms with Gasteiger partial charge in [0.25, 0.3) is 0 Å². The molecule has 2 aromatic rings. The average Bonchev–Trinajstić information content (AvgIpc) is 2.16. The molecule has 66 valence electrons. The van der Waals surface area contributed by atoms with Crippen LogP contribution in [0.2, 0.25) is 0 Å². The molecule has 0 saturated carbocycles. The van der Waals surface area contributed by atoms with Crippen LogP contribution in [0.1, 0.15) is 11.1 Å². The van der Waals surface area contributed by atoms with Gasteiger partial charge in [0.1, 0.15) is 0 Å². The van der Waals surface area contributed by atoms with E-state index in [1.807, 2.05) is 0 Å². The first-order chi connectivity index (χ1) is 6.31. The smallest absolute Gasteiger partial charge is 0.0184 e. The quantitative estimate of drug-likeness (QED) is 0.701. The zero-order chi connectivity index (χ0) is 9.26. The minimum absolute atomic E-state index is 0.613. The SMILES string of the molecule is Cc1cc(CN)c2ccccc2c1. The summed E-state index contributed by atoms with van der Waals surface area (Å²) in [6.07, 6.45) is 0. The van der Waals surface area contributed by atoms with Gasteiger partial charge in [-0.3, -0.25) is 0 Å². The van der Waals surface area contributed by atoms with E-state index in [1.54, 1.807) is 0 Å². The lowest BCUT2D eigenvalue weighted by Gasteiger charge is -2.05. The molecule has 13 heavy (non-hydrogen) atoms. The van der Waals surface area contributed by atoms with E-state index >= 15 is 0 Å². The summed E-state index contributed by atoms with van der Waals surface area (Å²) in [6, 6.07) is 12.7. The number of aryl methyl sites for hydroxylation is 1. The van der Waals surface area contributed by atoms with Crippen molar-refractivity contribution in [2.24, 2.45) is 5.73 Å². The van der Waals surface area contributed by atoms with Gasteiger partial charge in [-0.25, -0.2) is 0 Å². The van der Waals surface area contributed by atoms with Crippen LogP contribution >= 0.6 is 0 Å². The molecule has 2 N–H and O–H groups in total. The number of rotatable bonds is 1. The summed E-state index contributed by atoms with van der Waals surface area (Å²) in [7, 11) is 0. The van der Waals surface area contributed by atoms with Crippen LogP contribution in [0.25, 0.3) is 10.8 Å². The van der Waals surface area contributed by atoms with E-state index in [0.29, 0.717) is 6.54 Å². The fourth-order valence-corrected chi connectivity index (χ4v) is 1.72. The lowest BCUT2D eigenvalue weighted by Crippen LogP contribution is -1.97. The Morgan fingerprint density at radius 1 is 1.15 bits per heavy atom. The molecular formula is C12H13N. The van der Waals surface area contributed by atoms with Gasteiger partial charge in [0.2, 0.25) is 0 Å². The van der Waals surface area contributed by atoms with Gasteiger partial charge in [-0.05, 0) is 23.3 Å². The van der Waals surface area contributed by atoms with E-state index < -0.39 is 0 Å². The van der Waals surface area contributed by atoms with E-state index in [1.165, 1.54) is 21.9 Å². The van der Waals surface area contributed by atoms with Crippen molar-refractivity contribution < 1.29 is 0 Å². The van der Waals surface area contributed by atoms with Crippen LogP contribution in [0.3, 0.4) is 0 Å². The van der Waals surface area contributed by atoms with Crippen LogP contribution in [-0.4, -0.2) is 0 Å². The molecule has 0 aliphatic rings. The maximum Gasteiger partial charge on any atom is 0.0184 e. The van der Waals surface area contributed by atoms with Gasteiger partial charge in [0, 0.05) is 6.54 Å². The first-order valence-electron chi connectivity index (χ1n) is 4.49. The van der Waals surface area contributed by atoms with Gasteiger partial charge in [0.15, 0.2) is 0 Å². The second kappa shape index (κ2) is 3.19. The molecule has 0 unspecified atom stereocenters. The third-order valence-electron chi connectivity index (χ3n) is 2.31. The fourth-order valence-electron chi connectivity index (χ4n) is 1.72. The molecule has 0 spiro atoms. The molecule has 0 atom stereocenters. The molecule has 0 fully saturated rings. The van der Waals surface area contributed by atoms with Crippen LogP contribution in [-0.2, 0) is 6.54 Å². The molecule has 0 aliphatic heterocycles. The van der Waals surface area contributed by atoms with Crippen molar-refractivity contribution in [1.29, 1.82) is 0 Å². The van der Waals surface area contributed by atoms with E-state index in [4.69, 9.17) is 5.73 Å². The second-order valence-electron chi connectivity index (χ2n) is 3.35. The number of hydrogen-bond donors (Lipinski definition) is 1. The summed E-state index contributed by atoms with van der Waals surface area (Å²) >= 11 is 0. The largest absolute Gasteiger partial charge is 0.326 e. The molecule has 0 aromatic heterocycles. The Hall–Kier alpha value is -1.34. The first-order valence-corrected chi connectivity index (χ1v) is 4.49. The van der Waals surface area contributed by atoms with E-state index in [2.05, 4.69) is 43.3 Å². The van der Waals surface area contributed by atoms with Gasteiger partial charge < -0.3 is 5.73 Å². The highest BCUT2D eigenvalue weighted by atomic mass is 14.5.